The van der Waals surface area contributed by atoms with E-state index in [1.165, 1.54) is 4.90 Å². The van der Waals surface area contributed by atoms with Gasteiger partial charge in [0.2, 0.25) is 0 Å². The predicted molar refractivity (Wildman–Crippen MR) is 94.5 cm³/mol. The summed E-state index contributed by atoms with van der Waals surface area (Å²) in [5.41, 5.74) is 0.876. The van der Waals surface area contributed by atoms with Gasteiger partial charge in [0.15, 0.2) is 0 Å². The minimum Gasteiger partial charge on any atom is -0.480 e. The average Bonchev–Trinajstić information content (AvgIpc) is 2.58. The Bertz CT molecular complexity index is 646. The Kier molecular flexibility index (Phi) is 5.82. The van der Waals surface area contributed by atoms with Crippen molar-refractivity contribution in [2.24, 2.45) is 5.41 Å². The maximum atomic E-state index is 12.6. The number of carbonyl (C=O) groups excluding carboxylic acids is 2. The lowest BCUT2D eigenvalue weighted by Gasteiger charge is -2.33. The molecular weight excluding hydrogens is 320 g/mol. The van der Waals surface area contributed by atoms with Gasteiger partial charge in [-0.15, -0.1) is 0 Å². The highest BCUT2D eigenvalue weighted by molar-refractivity contribution is 5.99. The summed E-state index contributed by atoms with van der Waals surface area (Å²) in [6.45, 7) is 7.11. The van der Waals surface area contributed by atoms with Gasteiger partial charge < -0.3 is 15.3 Å². The summed E-state index contributed by atoms with van der Waals surface area (Å²) in [5.74, 6) is -1.45. The number of hydrogen-bond donors (Lipinski definition) is 2. The van der Waals surface area contributed by atoms with E-state index >= 15 is 0 Å². The summed E-state index contributed by atoms with van der Waals surface area (Å²) >= 11 is 0. The molecule has 1 aliphatic rings. The molecule has 2 N–H and O–H groups in total. The Balaban J connectivity index is 2.07. The van der Waals surface area contributed by atoms with Crippen LogP contribution in [0.4, 0.5) is 0 Å². The largest absolute Gasteiger partial charge is 0.480 e. The fourth-order valence-corrected chi connectivity index (χ4v) is 2.81. The first-order valence-electron chi connectivity index (χ1n) is 8.61. The van der Waals surface area contributed by atoms with Crippen molar-refractivity contribution in [2.75, 3.05) is 13.1 Å². The van der Waals surface area contributed by atoms with E-state index in [1.54, 1.807) is 24.3 Å². The second kappa shape index (κ2) is 7.68. The van der Waals surface area contributed by atoms with E-state index in [1.807, 2.05) is 20.8 Å². The molecule has 6 heteroatoms. The zero-order valence-corrected chi connectivity index (χ0v) is 15.0. The van der Waals surface area contributed by atoms with Crippen LogP contribution in [-0.2, 0) is 4.79 Å². The molecular formula is C19H26N2O4. The molecule has 0 unspecified atom stereocenters. The molecule has 0 spiro atoms. The predicted octanol–water partition coefficient (Wildman–Crippen LogP) is 2.54. The maximum absolute atomic E-state index is 12.6. The molecule has 2 amide bonds. The van der Waals surface area contributed by atoms with Crippen molar-refractivity contribution in [2.45, 2.75) is 46.1 Å². The monoisotopic (exact) mass is 346 g/mol. The van der Waals surface area contributed by atoms with Gasteiger partial charge in [0.1, 0.15) is 6.04 Å². The summed E-state index contributed by atoms with van der Waals surface area (Å²) in [4.78, 5) is 37.5. The summed E-state index contributed by atoms with van der Waals surface area (Å²) in [5, 5.41) is 12.2. The smallest absolute Gasteiger partial charge is 0.326 e. The number of amides is 2. The number of rotatable bonds is 4. The van der Waals surface area contributed by atoms with E-state index in [2.05, 4.69) is 5.32 Å². The molecule has 6 nitrogen and oxygen atoms in total. The van der Waals surface area contributed by atoms with Gasteiger partial charge in [-0.05, 0) is 48.9 Å². The Labute approximate surface area is 148 Å². The van der Waals surface area contributed by atoms with Crippen LogP contribution in [-0.4, -0.2) is 46.9 Å². The Hall–Kier alpha value is -2.37. The number of benzene rings is 1. The highest BCUT2D eigenvalue weighted by Crippen LogP contribution is 2.20. The third-order valence-corrected chi connectivity index (χ3v) is 4.22. The van der Waals surface area contributed by atoms with E-state index in [9.17, 15) is 19.5 Å². The number of piperidine rings is 1. The number of carboxylic acid groups (broad SMARTS) is 1. The van der Waals surface area contributed by atoms with Crippen molar-refractivity contribution < 1.29 is 19.5 Å². The van der Waals surface area contributed by atoms with Crippen molar-refractivity contribution in [3.05, 3.63) is 35.4 Å². The summed E-state index contributed by atoms with van der Waals surface area (Å²) in [6, 6.07) is 5.61. The molecule has 0 radical (unpaired) electrons. The number of hydrogen-bond acceptors (Lipinski definition) is 3. The van der Waals surface area contributed by atoms with Crippen LogP contribution in [0.15, 0.2) is 24.3 Å². The normalized spacial score (nSPS) is 17.9. The minimum absolute atomic E-state index is 0.00826. The van der Waals surface area contributed by atoms with Crippen LogP contribution in [0.3, 0.4) is 0 Å². The lowest BCUT2D eigenvalue weighted by atomic mass is 9.97. The molecule has 1 fully saturated rings. The fraction of sp³-hybridized carbons (Fsp3) is 0.526. The molecule has 1 aliphatic heterocycles. The van der Waals surface area contributed by atoms with Crippen LogP contribution in [0.2, 0.25) is 0 Å². The van der Waals surface area contributed by atoms with Gasteiger partial charge in [0.05, 0.1) is 0 Å². The fourth-order valence-electron chi connectivity index (χ4n) is 2.81. The zero-order valence-electron chi connectivity index (χ0n) is 15.0. The van der Waals surface area contributed by atoms with Crippen LogP contribution in [0.5, 0.6) is 0 Å². The second-order valence-electron chi connectivity index (χ2n) is 7.67. The highest BCUT2D eigenvalue weighted by atomic mass is 16.4. The maximum Gasteiger partial charge on any atom is 0.326 e. The van der Waals surface area contributed by atoms with E-state index < -0.39 is 12.0 Å². The molecule has 0 bridgehead atoms. The first kappa shape index (κ1) is 19.0. The molecule has 136 valence electrons. The molecule has 1 aromatic carbocycles. The molecule has 1 saturated heterocycles. The molecule has 1 aromatic rings. The lowest BCUT2D eigenvalue weighted by molar-refractivity contribution is -0.143. The number of carboxylic acids is 1. The minimum atomic E-state index is -0.966. The highest BCUT2D eigenvalue weighted by Gasteiger charge is 2.32. The van der Waals surface area contributed by atoms with Gasteiger partial charge in [-0.25, -0.2) is 4.79 Å². The summed E-state index contributed by atoms with van der Waals surface area (Å²) < 4.78 is 0. The standard InChI is InChI=1S/C19H26N2O4/c1-19(2,3)12-20-16(22)13-7-9-14(10-8-13)17(23)21-11-5-4-6-15(21)18(24)25/h7-10,15H,4-6,11-12H2,1-3H3,(H,20,22)(H,24,25)/t15-/m0/s1. The van der Waals surface area contributed by atoms with Crippen LogP contribution in [0.1, 0.15) is 60.7 Å². The number of aliphatic carboxylic acids is 1. The van der Waals surface area contributed by atoms with Gasteiger partial charge in [-0.1, -0.05) is 20.8 Å². The van der Waals surface area contributed by atoms with Crippen molar-refractivity contribution in [1.82, 2.24) is 10.2 Å². The summed E-state index contributed by atoms with van der Waals surface area (Å²) in [7, 11) is 0. The topological polar surface area (TPSA) is 86.7 Å². The van der Waals surface area contributed by atoms with Crippen molar-refractivity contribution in [3.63, 3.8) is 0 Å². The van der Waals surface area contributed by atoms with Crippen molar-refractivity contribution >= 4 is 17.8 Å². The lowest BCUT2D eigenvalue weighted by Crippen LogP contribution is -2.48. The van der Waals surface area contributed by atoms with Crippen LogP contribution < -0.4 is 5.32 Å². The summed E-state index contributed by atoms with van der Waals surface area (Å²) in [6.07, 6.45) is 2.10. The van der Waals surface area contributed by atoms with E-state index in [4.69, 9.17) is 0 Å². The SMILES string of the molecule is CC(C)(C)CNC(=O)c1ccc(C(=O)N2CCCC[C@H]2C(=O)O)cc1. The Morgan fingerprint density at radius 3 is 2.28 bits per heavy atom. The van der Waals surface area contributed by atoms with Gasteiger partial charge in [-0.3, -0.25) is 9.59 Å². The van der Waals surface area contributed by atoms with Gasteiger partial charge in [-0.2, -0.15) is 0 Å². The Morgan fingerprint density at radius 2 is 1.72 bits per heavy atom. The molecule has 0 aliphatic carbocycles. The van der Waals surface area contributed by atoms with Crippen molar-refractivity contribution in [3.8, 4) is 0 Å². The third kappa shape index (κ3) is 5.05. The van der Waals surface area contributed by atoms with E-state index in [-0.39, 0.29) is 17.2 Å². The first-order chi connectivity index (χ1) is 11.7. The molecule has 1 heterocycles. The van der Waals surface area contributed by atoms with Gasteiger partial charge in [0, 0.05) is 24.2 Å². The van der Waals surface area contributed by atoms with Gasteiger partial charge in [0.25, 0.3) is 11.8 Å². The number of nitrogens with zero attached hydrogens (tertiary/aromatic N) is 1. The van der Waals surface area contributed by atoms with Gasteiger partial charge >= 0.3 is 5.97 Å². The number of nitrogens with one attached hydrogen (secondary N) is 1. The van der Waals surface area contributed by atoms with Crippen LogP contribution >= 0.6 is 0 Å². The number of likely N-dealkylation sites (tertiary alicyclic amines) is 1. The number of carbonyl (C=O) groups is 3. The second-order valence-corrected chi connectivity index (χ2v) is 7.67. The molecule has 1 atom stereocenters. The third-order valence-electron chi connectivity index (χ3n) is 4.22. The molecule has 2 rings (SSSR count). The van der Waals surface area contributed by atoms with Crippen LogP contribution in [0.25, 0.3) is 0 Å². The van der Waals surface area contributed by atoms with Crippen molar-refractivity contribution in [1.29, 1.82) is 0 Å². The zero-order chi connectivity index (χ0) is 18.6. The Morgan fingerprint density at radius 1 is 1.12 bits per heavy atom. The average molecular weight is 346 g/mol. The first-order valence-corrected chi connectivity index (χ1v) is 8.61. The molecule has 0 saturated carbocycles. The van der Waals surface area contributed by atoms with E-state index in [0.29, 0.717) is 30.6 Å². The quantitative estimate of drug-likeness (QED) is 0.877. The molecule has 0 aromatic heterocycles. The van der Waals surface area contributed by atoms with Crippen LogP contribution in [0, 0.1) is 5.41 Å². The molecule has 25 heavy (non-hydrogen) atoms. The van der Waals surface area contributed by atoms with E-state index in [0.717, 1.165) is 12.8 Å².